The van der Waals surface area contributed by atoms with Gasteiger partial charge in [-0.1, -0.05) is 12.1 Å². The number of amides is 1. The number of nitrogens with two attached hydrogens (primary N) is 2. The molecule has 4 rings (SSSR count). The number of pyridine rings is 1. The molecule has 6 N–H and O–H groups in total. The Hall–Kier alpha value is -3.30. The number of ether oxygens (including phenoxy) is 1. The maximum atomic E-state index is 13.8. The van der Waals surface area contributed by atoms with Gasteiger partial charge in [-0.3, -0.25) is 4.79 Å². The quantitative estimate of drug-likeness (QED) is 0.318. The van der Waals surface area contributed by atoms with E-state index in [1.54, 1.807) is 4.90 Å². The maximum Gasteiger partial charge on any atom is 0.573 e. The minimum atomic E-state index is -4.81. The number of hydrogen-bond donors (Lipinski definition) is 4. The number of aliphatic hydroxyl groups excluding tert-OH is 1. The number of thiophene rings is 1. The van der Waals surface area contributed by atoms with Crippen LogP contribution in [0.3, 0.4) is 0 Å². The van der Waals surface area contributed by atoms with Gasteiger partial charge < -0.3 is 31.5 Å². The molecule has 0 saturated carbocycles. The minimum Gasteiger partial charge on any atom is -0.406 e. The Kier molecular flexibility index (Phi) is 7.63. The lowest BCUT2D eigenvalue weighted by Crippen LogP contribution is -2.44. The predicted molar refractivity (Wildman–Crippen MR) is 129 cm³/mol. The van der Waals surface area contributed by atoms with Crippen LogP contribution in [-0.4, -0.2) is 48.0 Å². The van der Waals surface area contributed by atoms with Crippen LogP contribution in [0.15, 0.2) is 30.3 Å². The maximum absolute atomic E-state index is 13.8. The highest BCUT2D eigenvalue weighted by Crippen LogP contribution is 2.43. The first kappa shape index (κ1) is 27.7. The molecular weight excluding hydrogens is 540 g/mol. The van der Waals surface area contributed by atoms with Gasteiger partial charge in [0.25, 0.3) is 5.91 Å². The molecule has 206 valence electrons. The van der Waals surface area contributed by atoms with Crippen LogP contribution in [-0.2, 0) is 6.18 Å². The molecule has 3 aromatic rings. The van der Waals surface area contributed by atoms with Gasteiger partial charge in [0, 0.05) is 31.1 Å². The van der Waals surface area contributed by atoms with Crippen molar-refractivity contribution in [2.24, 2.45) is 5.73 Å². The molecule has 1 amide bonds. The largest absolute Gasteiger partial charge is 0.573 e. The van der Waals surface area contributed by atoms with Gasteiger partial charge in [0.05, 0.1) is 17.4 Å². The lowest BCUT2D eigenvalue weighted by atomic mass is 10.0. The standard InChI is InChI=1S/C23H23F6N5O3S/c24-22(25,26)14-9-16(33-21-17(14)18(30)19(38-21)20(31)36)34-7-5-12(6-8-34)32-10-15(35)11-1-3-13(4-2-11)37-23(27,28)29/h1-4,9,12,15,32,35H,5-8,10,30H2,(H2,31,36). The molecule has 1 unspecified atom stereocenters. The van der Waals surface area contributed by atoms with Crippen molar-refractivity contribution in [1.82, 2.24) is 10.3 Å². The summed E-state index contributed by atoms with van der Waals surface area (Å²) in [6, 6.07) is 5.74. The minimum absolute atomic E-state index is 0.0313. The van der Waals surface area contributed by atoms with Crippen molar-refractivity contribution in [3.63, 3.8) is 0 Å². The Morgan fingerprint density at radius 2 is 1.82 bits per heavy atom. The molecular formula is C23H23F6N5O3S. The topological polar surface area (TPSA) is 127 Å². The normalized spacial score (nSPS) is 16.1. The van der Waals surface area contributed by atoms with Crippen molar-refractivity contribution in [2.45, 2.75) is 37.5 Å². The van der Waals surface area contributed by atoms with Crippen LogP contribution in [0.25, 0.3) is 10.2 Å². The summed E-state index contributed by atoms with van der Waals surface area (Å²) in [5.74, 6) is -1.23. The summed E-state index contributed by atoms with van der Waals surface area (Å²) in [5, 5.41) is 13.2. The summed E-state index contributed by atoms with van der Waals surface area (Å²) < 4.78 is 82.2. The molecule has 0 spiro atoms. The Morgan fingerprint density at radius 1 is 1.18 bits per heavy atom. The van der Waals surface area contributed by atoms with Gasteiger partial charge in [0.1, 0.15) is 21.3 Å². The first-order chi connectivity index (χ1) is 17.7. The number of fused-ring (bicyclic) bond motifs is 1. The van der Waals surface area contributed by atoms with E-state index in [1.807, 2.05) is 0 Å². The number of nitrogen functional groups attached to an aromatic ring is 1. The molecule has 0 radical (unpaired) electrons. The van der Waals surface area contributed by atoms with E-state index in [4.69, 9.17) is 11.5 Å². The van der Waals surface area contributed by atoms with Crippen molar-refractivity contribution in [1.29, 1.82) is 0 Å². The number of carbonyl (C=O) groups excluding carboxylic acids is 1. The second kappa shape index (κ2) is 10.5. The monoisotopic (exact) mass is 563 g/mol. The van der Waals surface area contributed by atoms with Gasteiger partial charge in [0.2, 0.25) is 0 Å². The zero-order chi connectivity index (χ0) is 27.8. The average Bonchev–Trinajstić information content (AvgIpc) is 3.18. The Bertz CT molecular complexity index is 1300. The lowest BCUT2D eigenvalue weighted by Gasteiger charge is -2.34. The van der Waals surface area contributed by atoms with E-state index < -0.39 is 35.9 Å². The number of aliphatic hydroxyl groups is 1. The molecule has 1 aliphatic heterocycles. The van der Waals surface area contributed by atoms with E-state index in [2.05, 4.69) is 15.0 Å². The molecule has 3 heterocycles. The van der Waals surface area contributed by atoms with Crippen LogP contribution in [0.5, 0.6) is 5.75 Å². The van der Waals surface area contributed by atoms with Crippen molar-refractivity contribution in [3.8, 4) is 5.75 Å². The molecule has 1 aliphatic rings. The van der Waals surface area contributed by atoms with Crippen molar-refractivity contribution >= 4 is 39.0 Å². The average molecular weight is 564 g/mol. The summed E-state index contributed by atoms with van der Waals surface area (Å²) >= 11 is 0.713. The fraction of sp³-hybridized carbons (Fsp3) is 0.391. The highest BCUT2D eigenvalue weighted by Gasteiger charge is 2.37. The molecule has 1 fully saturated rings. The van der Waals surface area contributed by atoms with E-state index in [1.165, 1.54) is 12.1 Å². The molecule has 0 bridgehead atoms. The molecule has 1 aromatic carbocycles. The summed E-state index contributed by atoms with van der Waals surface area (Å²) in [7, 11) is 0. The number of aromatic nitrogens is 1. The van der Waals surface area contributed by atoms with Crippen molar-refractivity contribution < 1.29 is 41.0 Å². The molecule has 1 atom stereocenters. The number of anilines is 2. The third-order valence-electron chi connectivity index (χ3n) is 6.13. The number of rotatable bonds is 7. The van der Waals surface area contributed by atoms with Gasteiger partial charge in [-0.2, -0.15) is 13.2 Å². The molecule has 2 aromatic heterocycles. The highest BCUT2D eigenvalue weighted by atomic mass is 32.1. The molecule has 0 aliphatic carbocycles. The van der Waals surface area contributed by atoms with Gasteiger partial charge >= 0.3 is 12.5 Å². The van der Waals surface area contributed by atoms with Crippen molar-refractivity contribution in [2.75, 3.05) is 30.3 Å². The van der Waals surface area contributed by atoms with E-state index in [9.17, 15) is 36.2 Å². The van der Waals surface area contributed by atoms with Crippen LogP contribution < -0.4 is 26.4 Å². The second-order valence-electron chi connectivity index (χ2n) is 8.72. The van der Waals surface area contributed by atoms with E-state index in [-0.39, 0.29) is 39.2 Å². The number of nitrogens with zero attached hydrogens (tertiary/aromatic N) is 2. The summed E-state index contributed by atoms with van der Waals surface area (Å²) in [6.07, 6.45) is -9.46. The van der Waals surface area contributed by atoms with Crippen LogP contribution in [0.4, 0.5) is 37.8 Å². The third-order valence-corrected chi connectivity index (χ3v) is 7.25. The van der Waals surface area contributed by atoms with Crippen LogP contribution in [0.1, 0.15) is 39.7 Å². The Morgan fingerprint density at radius 3 is 2.37 bits per heavy atom. The van der Waals surface area contributed by atoms with Gasteiger partial charge in [-0.05, 0) is 36.6 Å². The smallest absolute Gasteiger partial charge is 0.406 e. The number of benzene rings is 1. The Labute approximate surface area is 216 Å². The predicted octanol–water partition coefficient (Wildman–Crippen LogP) is 4.19. The van der Waals surface area contributed by atoms with E-state index in [0.29, 0.717) is 42.8 Å². The highest BCUT2D eigenvalue weighted by molar-refractivity contribution is 7.21. The fourth-order valence-corrected chi connectivity index (χ4v) is 5.24. The van der Waals surface area contributed by atoms with Crippen LogP contribution in [0, 0.1) is 0 Å². The molecule has 38 heavy (non-hydrogen) atoms. The summed E-state index contributed by atoms with van der Waals surface area (Å²) in [6.45, 7) is 0.865. The van der Waals surface area contributed by atoms with Crippen LogP contribution >= 0.6 is 11.3 Å². The first-order valence-electron chi connectivity index (χ1n) is 11.3. The lowest BCUT2D eigenvalue weighted by molar-refractivity contribution is -0.274. The van der Waals surface area contributed by atoms with Gasteiger partial charge in [-0.25, -0.2) is 4.98 Å². The number of hydrogen-bond acceptors (Lipinski definition) is 8. The van der Waals surface area contributed by atoms with Crippen LogP contribution in [0.2, 0.25) is 0 Å². The van der Waals surface area contributed by atoms with Gasteiger partial charge in [0.15, 0.2) is 0 Å². The number of halogens is 6. The number of carbonyl (C=O) groups is 1. The number of alkyl halides is 6. The SMILES string of the molecule is NC(=O)c1sc2nc(N3CCC(NCC(O)c4ccc(OC(F)(F)F)cc4)CC3)cc(C(F)(F)F)c2c1N. The van der Waals surface area contributed by atoms with E-state index in [0.717, 1.165) is 18.2 Å². The van der Waals surface area contributed by atoms with E-state index >= 15 is 0 Å². The summed E-state index contributed by atoms with van der Waals surface area (Å²) in [4.78, 5) is 17.4. The number of nitrogens with one attached hydrogen (secondary N) is 1. The zero-order valence-electron chi connectivity index (χ0n) is 19.6. The zero-order valence-corrected chi connectivity index (χ0v) is 20.4. The molecule has 8 nitrogen and oxygen atoms in total. The Balaban J connectivity index is 1.39. The van der Waals surface area contributed by atoms with Gasteiger partial charge in [-0.15, -0.1) is 24.5 Å². The number of piperidine rings is 1. The third kappa shape index (κ3) is 6.22. The number of primary amides is 1. The fourth-order valence-electron chi connectivity index (χ4n) is 4.28. The second-order valence-corrected chi connectivity index (χ2v) is 9.72. The molecule has 15 heteroatoms. The van der Waals surface area contributed by atoms with Crippen molar-refractivity contribution in [3.05, 3.63) is 46.3 Å². The molecule has 1 saturated heterocycles. The first-order valence-corrected chi connectivity index (χ1v) is 12.2. The summed E-state index contributed by atoms with van der Waals surface area (Å²) in [5.41, 5.74) is 10.1.